The molecular weight excluding hydrogens is 184 g/mol. The van der Waals surface area contributed by atoms with E-state index < -0.39 is 0 Å². The minimum Gasteiger partial charge on any atom is -0.396 e. The predicted molar refractivity (Wildman–Crippen MR) is 56.2 cm³/mol. The van der Waals surface area contributed by atoms with Crippen LogP contribution in [0.25, 0.3) is 0 Å². The molecule has 0 radical (unpaired) electrons. The molecule has 74 valence electrons. The number of nitrogens with zero attached hydrogens (tertiary/aromatic N) is 1. The Morgan fingerprint density at radius 3 is 2.77 bits per heavy atom. The highest BCUT2D eigenvalue weighted by Gasteiger charge is 2.11. The SMILES string of the molecule is Cc1csc(NC(C)C(C)CO)n1. The molecule has 1 aromatic heterocycles. The lowest BCUT2D eigenvalue weighted by molar-refractivity contribution is 0.226. The first-order valence-electron chi connectivity index (χ1n) is 4.43. The third-order valence-corrected chi connectivity index (χ3v) is 3.00. The van der Waals surface area contributed by atoms with Crippen LogP contribution in [-0.4, -0.2) is 22.7 Å². The largest absolute Gasteiger partial charge is 0.396 e. The number of aliphatic hydroxyl groups is 1. The fourth-order valence-corrected chi connectivity index (χ4v) is 1.70. The van der Waals surface area contributed by atoms with Gasteiger partial charge in [-0.25, -0.2) is 4.98 Å². The van der Waals surface area contributed by atoms with E-state index in [1.165, 1.54) is 0 Å². The third-order valence-electron chi connectivity index (χ3n) is 2.11. The lowest BCUT2D eigenvalue weighted by Gasteiger charge is -2.18. The Morgan fingerprint density at radius 2 is 2.31 bits per heavy atom. The number of aryl methyl sites for hydroxylation is 1. The van der Waals surface area contributed by atoms with E-state index in [1.807, 2.05) is 19.2 Å². The zero-order valence-corrected chi connectivity index (χ0v) is 9.06. The van der Waals surface area contributed by atoms with E-state index in [9.17, 15) is 0 Å². The van der Waals surface area contributed by atoms with Crippen LogP contribution in [0.5, 0.6) is 0 Å². The second-order valence-corrected chi connectivity index (χ2v) is 4.25. The number of hydrogen-bond donors (Lipinski definition) is 2. The summed E-state index contributed by atoms with van der Waals surface area (Å²) in [5.41, 5.74) is 1.04. The van der Waals surface area contributed by atoms with Crippen molar-refractivity contribution in [1.82, 2.24) is 4.98 Å². The van der Waals surface area contributed by atoms with Crippen molar-refractivity contribution >= 4 is 16.5 Å². The van der Waals surface area contributed by atoms with Gasteiger partial charge in [0.15, 0.2) is 5.13 Å². The summed E-state index contributed by atoms with van der Waals surface area (Å²) in [5.74, 6) is 0.254. The fraction of sp³-hybridized carbons (Fsp3) is 0.667. The van der Waals surface area contributed by atoms with Gasteiger partial charge < -0.3 is 10.4 Å². The first-order chi connectivity index (χ1) is 6.13. The number of aliphatic hydroxyl groups excluding tert-OH is 1. The summed E-state index contributed by atoms with van der Waals surface area (Å²) >= 11 is 1.60. The van der Waals surface area contributed by atoms with Crippen LogP contribution >= 0.6 is 11.3 Å². The van der Waals surface area contributed by atoms with Gasteiger partial charge in [-0.2, -0.15) is 0 Å². The molecule has 2 N–H and O–H groups in total. The smallest absolute Gasteiger partial charge is 0.183 e. The first-order valence-corrected chi connectivity index (χ1v) is 5.31. The molecule has 0 aromatic carbocycles. The molecule has 1 aromatic rings. The van der Waals surface area contributed by atoms with E-state index in [0.29, 0.717) is 0 Å². The quantitative estimate of drug-likeness (QED) is 0.780. The molecule has 1 rings (SSSR count). The summed E-state index contributed by atoms with van der Waals surface area (Å²) in [7, 11) is 0. The zero-order valence-electron chi connectivity index (χ0n) is 8.24. The summed E-state index contributed by atoms with van der Waals surface area (Å²) < 4.78 is 0. The molecule has 0 amide bonds. The molecule has 0 bridgehead atoms. The van der Waals surface area contributed by atoms with Crippen molar-refractivity contribution in [3.63, 3.8) is 0 Å². The van der Waals surface area contributed by atoms with E-state index in [4.69, 9.17) is 5.11 Å². The van der Waals surface area contributed by atoms with E-state index in [-0.39, 0.29) is 18.6 Å². The Kier molecular flexibility index (Phi) is 3.69. The number of anilines is 1. The molecule has 0 fully saturated rings. The summed E-state index contributed by atoms with van der Waals surface area (Å²) in [5, 5.41) is 15.1. The van der Waals surface area contributed by atoms with Gasteiger partial charge in [0.1, 0.15) is 0 Å². The Hall–Kier alpha value is -0.610. The van der Waals surface area contributed by atoms with Crippen LogP contribution < -0.4 is 5.32 Å². The normalized spacial score (nSPS) is 15.4. The second-order valence-electron chi connectivity index (χ2n) is 3.39. The minimum atomic E-state index is 0.207. The molecule has 1 heterocycles. The van der Waals surface area contributed by atoms with Crippen LogP contribution in [-0.2, 0) is 0 Å². The fourth-order valence-electron chi connectivity index (χ4n) is 0.915. The van der Waals surface area contributed by atoms with Crippen molar-refractivity contribution in [2.24, 2.45) is 5.92 Å². The molecule has 2 atom stereocenters. The van der Waals surface area contributed by atoms with Gasteiger partial charge >= 0.3 is 0 Å². The Labute approximate surface area is 82.8 Å². The number of nitrogens with one attached hydrogen (secondary N) is 1. The minimum absolute atomic E-state index is 0.207. The van der Waals surface area contributed by atoms with E-state index >= 15 is 0 Å². The molecule has 3 nitrogen and oxygen atoms in total. The maximum atomic E-state index is 8.93. The maximum Gasteiger partial charge on any atom is 0.183 e. The van der Waals surface area contributed by atoms with Crippen molar-refractivity contribution in [3.8, 4) is 0 Å². The van der Waals surface area contributed by atoms with Gasteiger partial charge in [0.2, 0.25) is 0 Å². The predicted octanol–water partition coefficient (Wildman–Crippen LogP) is 1.88. The van der Waals surface area contributed by atoms with Gasteiger partial charge in [-0.05, 0) is 19.8 Å². The molecule has 0 saturated heterocycles. The highest BCUT2D eigenvalue weighted by Crippen LogP contribution is 2.17. The topological polar surface area (TPSA) is 45.1 Å². The number of thiazole rings is 1. The van der Waals surface area contributed by atoms with Gasteiger partial charge in [-0.15, -0.1) is 11.3 Å². The van der Waals surface area contributed by atoms with E-state index in [2.05, 4.69) is 17.2 Å². The standard InChI is InChI=1S/C9H16N2OS/c1-6(4-12)8(3)11-9-10-7(2)5-13-9/h5-6,8,12H,4H2,1-3H3,(H,10,11). The average molecular weight is 200 g/mol. The number of hydrogen-bond acceptors (Lipinski definition) is 4. The van der Waals surface area contributed by atoms with Crippen molar-refractivity contribution < 1.29 is 5.11 Å². The first kappa shape index (κ1) is 10.5. The Morgan fingerprint density at radius 1 is 1.62 bits per heavy atom. The molecule has 13 heavy (non-hydrogen) atoms. The van der Waals surface area contributed by atoms with Crippen molar-refractivity contribution in [3.05, 3.63) is 11.1 Å². The van der Waals surface area contributed by atoms with Crippen LogP contribution in [0.15, 0.2) is 5.38 Å². The molecular formula is C9H16N2OS. The summed E-state index contributed by atoms with van der Waals surface area (Å²) in [6.07, 6.45) is 0. The van der Waals surface area contributed by atoms with Crippen molar-refractivity contribution in [2.75, 3.05) is 11.9 Å². The van der Waals surface area contributed by atoms with Gasteiger partial charge in [0.05, 0.1) is 5.69 Å². The molecule has 0 spiro atoms. The van der Waals surface area contributed by atoms with Gasteiger partial charge in [0, 0.05) is 18.0 Å². The maximum absolute atomic E-state index is 8.93. The number of rotatable bonds is 4. The van der Waals surface area contributed by atoms with Crippen LogP contribution in [0, 0.1) is 12.8 Å². The Balaban J connectivity index is 2.49. The van der Waals surface area contributed by atoms with Crippen molar-refractivity contribution in [1.29, 1.82) is 0 Å². The monoisotopic (exact) mass is 200 g/mol. The third kappa shape index (κ3) is 2.97. The van der Waals surface area contributed by atoms with Crippen LogP contribution in [0.2, 0.25) is 0 Å². The number of aromatic nitrogens is 1. The van der Waals surface area contributed by atoms with E-state index in [0.717, 1.165) is 10.8 Å². The van der Waals surface area contributed by atoms with Crippen LogP contribution in [0.4, 0.5) is 5.13 Å². The molecule has 0 aliphatic rings. The van der Waals surface area contributed by atoms with Gasteiger partial charge in [0.25, 0.3) is 0 Å². The average Bonchev–Trinajstić information content (AvgIpc) is 2.49. The second kappa shape index (κ2) is 4.58. The molecule has 0 aliphatic carbocycles. The van der Waals surface area contributed by atoms with Crippen LogP contribution in [0.1, 0.15) is 19.5 Å². The molecule has 0 aliphatic heterocycles. The Bertz CT molecular complexity index is 262. The molecule has 2 unspecified atom stereocenters. The highest BCUT2D eigenvalue weighted by atomic mass is 32.1. The lowest BCUT2D eigenvalue weighted by atomic mass is 10.1. The van der Waals surface area contributed by atoms with E-state index in [1.54, 1.807) is 11.3 Å². The zero-order chi connectivity index (χ0) is 9.84. The van der Waals surface area contributed by atoms with Gasteiger partial charge in [-0.1, -0.05) is 6.92 Å². The molecule has 0 saturated carbocycles. The molecule has 4 heteroatoms. The van der Waals surface area contributed by atoms with Crippen molar-refractivity contribution in [2.45, 2.75) is 26.8 Å². The van der Waals surface area contributed by atoms with Gasteiger partial charge in [-0.3, -0.25) is 0 Å². The van der Waals surface area contributed by atoms with Crippen LogP contribution in [0.3, 0.4) is 0 Å². The summed E-state index contributed by atoms with van der Waals surface area (Å²) in [6.45, 7) is 6.25. The summed E-state index contributed by atoms with van der Waals surface area (Å²) in [6, 6.07) is 0.260. The highest BCUT2D eigenvalue weighted by molar-refractivity contribution is 7.13. The lowest BCUT2D eigenvalue weighted by Crippen LogP contribution is -2.26. The summed E-state index contributed by atoms with van der Waals surface area (Å²) in [4.78, 5) is 4.29.